The summed E-state index contributed by atoms with van der Waals surface area (Å²) in [5, 5.41) is 3.95. The van der Waals surface area contributed by atoms with Crippen molar-refractivity contribution in [3.63, 3.8) is 0 Å². The van der Waals surface area contributed by atoms with E-state index in [4.69, 9.17) is 0 Å². The molecule has 0 aliphatic carbocycles. The van der Waals surface area contributed by atoms with E-state index in [0.717, 1.165) is 11.1 Å². The number of pyridine rings is 1. The van der Waals surface area contributed by atoms with E-state index in [1.54, 1.807) is 0 Å². The van der Waals surface area contributed by atoms with E-state index in [0.29, 0.717) is 0 Å². The zero-order valence-corrected chi connectivity index (χ0v) is 12.8. The number of hydrogen-bond donors (Lipinski definition) is 2. The molecule has 2 aromatic carbocycles. The number of aryl methyl sites for hydroxylation is 1. The molecule has 3 rings (SSSR count). The first-order valence-corrected chi connectivity index (χ1v) is 7.26. The Morgan fingerprint density at radius 1 is 1.21 bits per heavy atom. The lowest BCUT2D eigenvalue weighted by Crippen LogP contribution is -2.25. The van der Waals surface area contributed by atoms with E-state index >= 15 is 0 Å². The fourth-order valence-corrected chi connectivity index (χ4v) is 2.26. The monoisotopic (exact) mass is 323 g/mol. The predicted octanol–water partition coefficient (Wildman–Crippen LogP) is 2.74. The van der Waals surface area contributed by atoms with Gasteiger partial charge in [-0.15, -0.1) is 0 Å². The van der Waals surface area contributed by atoms with Crippen molar-refractivity contribution in [2.24, 2.45) is 5.10 Å². The molecule has 0 aliphatic heterocycles. The first-order chi connectivity index (χ1) is 11.6. The van der Waals surface area contributed by atoms with Gasteiger partial charge in [-0.25, -0.2) is 9.82 Å². The van der Waals surface area contributed by atoms with Gasteiger partial charge < -0.3 is 4.98 Å². The molecule has 0 fully saturated rings. The van der Waals surface area contributed by atoms with Crippen LogP contribution < -0.4 is 10.9 Å². The molecule has 0 saturated carbocycles. The van der Waals surface area contributed by atoms with Crippen LogP contribution in [0, 0.1) is 12.7 Å². The van der Waals surface area contributed by atoms with Crippen LogP contribution in [0.5, 0.6) is 0 Å². The van der Waals surface area contributed by atoms with Crippen LogP contribution in [0.1, 0.15) is 21.5 Å². The molecule has 0 atom stereocenters. The summed E-state index contributed by atoms with van der Waals surface area (Å²) in [5.74, 6) is -1.21. The number of carbonyl (C=O) groups is 1. The molecule has 1 heterocycles. The highest BCUT2D eigenvalue weighted by molar-refractivity contribution is 5.97. The molecule has 24 heavy (non-hydrogen) atoms. The molecule has 0 radical (unpaired) electrons. The van der Waals surface area contributed by atoms with E-state index in [2.05, 4.69) is 15.5 Å². The molecular formula is C18H14FN3O2. The van der Waals surface area contributed by atoms with Crippen molar-refractivity contribution in [2.45, 2.75) is 6.92 Å². The van der Waals surface area contributed by atoms with Crippen LogP contribution in [0.3, 0.4) is 0 Å². The number of nitrogens with zero attached hydrogens (tertiary/aromatic N) is 1. The summed E-state index contributed by atoms with van der Waals surface area (Å²) in [5.41, 5.74) is 3.62. The fourth-order valence-electron chi connectivity index (χ4n) is 2.26. The normalized spacial score (nSPS) is 11.1. The van der Waals surface area contributed by atoms with Crippen molar-refractivity contribution in [3.05, 3.63) is 81.4 Å². The molecule has 0 spiro atoms. The van der Waals surface area contributed by atoms with Gasteiger partial charge in [0.2, 0.25) is 5.43 Å². The van der Waals surface area contributed by atoms with Crippen molar-refractivity contribution in [3.8, 4) is 0 Å². The topological polar surface area (TPSA) is 74.3 Å². The SMILES string of the molecule is Cc1ccc(/C=N/NC(=O)c2c[nH]c3c(F)cccc3c2=O)cc1. The van der Waals surface area contributed by atoms with Crippen LogP contribution in [-0.4, -0.2) is 17.1 Å². The van der Waals surface area contributed by atoms with Crippen LogP contribution in [-0.2, 0) is 0 Å². The number of amides is 1. The van der Waals surface area contributed by atoms with Crippen molar-refractivity contribution >= 4 is 23.0 Å². The van der Waals surface area contributed by atoms with Gasteiger partial charge in [0.1, 0.15) is 11.4 Å². The summed E-state index contributed by atoms with van der Waals surface area (Å²) in [4.78, 5) is 27.0. The fraction of sp³-hybridized carbons (Fsp3) is 0.0556. The number of aromatic nitrogens is 1. The van der Waals surface area contributed by atoms with Gasteiger partial charge in [-0.1, -0.05) is 35.9 Å². The average Bonchev–Trinajstić information content (AvgIpc) is 2.57. The minimum atomic E-state index is -0.661. The Hall–Kier alpha value is -3.28. The van der Waals surface area contributed by atoms with Crippen molar-refractivity contribution < 1.29 is 9.18 Å². The maximum atomic E-state index is 13.6. The van der Waals surface area contributed by atoms with Gasteiger partial charge >= 0.3 is 0 Å². The average molecular weight is 323 g/mol. The second kappa shape index (κ2) is 6.45. The second-order valence-corrected chi connectivity index (χ2v) is 5.30. The standard InChI is InChI=1S/C18H14FN3O2/c1-11-5-7-12(8-6-11)9-21-22-18(24)14-10-20-16-13(17(14)23)3-2-4-15(16)19/h2-10H,1H3,(H,20,23)(H,22,24)/b21-9+. The summed E-state index contributed by atoms with van der Waals surface area (Å²) in [6, 6.07) is 11.7. The third kappa shape index (κ3) is 3.08. The minimum absolute atomic E-state index is 0.0715. The molecule has 6 heteroatoms. The van der Waals surface area contributed by atoms with Gasteiger partial charge in [0.15, 0.2) is 0 Å². The lowest BCUT2D eigenvalue weighted by molar-refractivity contribution is 0.0954. The quantitative estimate of drug-likeness (QED) is 0.574. The lowest BCUT2D eigenvalue weighted by Gasteiger charge is -2.03. The van der Waals surface area contributed by atoms with Crippen LogP contribution in [0.25, 0.3) is 10.9 Å². The van der Waals surface area contributed by atoms with Crippen molar-refractivity contribution in [1.82, 2.24) is 10.4 Å². The number of rotatable bonds is 3. The molecule has 0 unspecified atom stereocenters. The van der Waals surface area contributed by atoms with Gasteiger partial charge in [-0.05, 0) is 24.6 Å². The largest absolute Gasteiger partial charge is 0.358 e. The maximum Gasteiger partial charge on any atom is 0.276 e. The molecule has 120 valence electrons. The number of hydrazone groups is 1. The highest BCUT2D eigenvalue weighted by Crippen LogP contribution is 2.12. The van der Waals surface area contributed by atoms with E-state index in [9.17, 15) is 14.0 Å². The third-order valence-electron chi connectivity index (χ3n) is 3.57. The van der Waals surface area contributed by atoms with E-state index in [1.165, 1.54) is 30.6 Å². The smallest absolute Gasteiger partial charge is 0.276 e. The summed E-state index contributed by atoms with van der Waals surface area (Å²) in [6.45, 7) is 1.97. The molecule has 1 amide bonds. The summed E-state index contributed by atoms with van der Waals surface area (Å²) in [6.07, 6.45) is 2.66. The van der Waals surface area contributed by atoms with Crippen LogP contribution >= 0.6 is 0 Å². The molecule has 0 saturated heterocycles. The second-order valence-electron chi connectivity index (χ2n) is 5.30. The number of halogens is 1. The summed E-state index contributed by atoms with van der Waals surface area (Å²) >= 11 is 0. The Labute approximate surface area is 136 Å². The molecule has 3 aromatic rings. The molecule has 0 bridgehead atoms. The number of aromatic amines is 1. The predicted molar refractivity (Wildman–Crippen MR) is 90.8 cm³/mol. The van der Waals surface area contributed by atoms with E-state index < -0.39 is 17.2 Å². The van der Waals surface area contributed by atoms with Gasteiger partial charge in [0.05, 0.1) is 11.7 Å². The number of H-pyrrole nitrogens is 1. The molecule has 1 aromatic heterocycles. The number of benzene rings is 2. The van der Waals surface area contributed by atoms with Gasteiger partial charge in [0.25, 0.3) is 5.91 Å². The maximum absolute atomic E-state index is 13.6. The Morgan fingerprint density at radius 2 is 1.96 bits per heavy atom. The van der Waals surface area contributed by atoms with E-state index in [-0.39, 0.29) is 16.5 Å². The number of carbonyl (C=O) groups excluding carboxylic acids is 1. The number of para-hydroxylation sites is 1. The van der Waals surface area contributed by atoms with Crippen molar-refractivity contribution in [1.29, 1.82) is 0 Å². The van der Waals surface area contributed by atoms with Crippen LogP contribution in [0.2, 0.25) is 0 Å². The molecule has 0 aliphatic rings. The van der Waals surface area contributed by atoms with Crippen LogP contribution in [0.4, 0.5) is 4.39 Å². The lowest BCUT2D eigenvalue weighted by atomic mass is 10.1. The van der Waals surface area contributed by atoms with Crippen molar-refractivity contribution in [2.75, 3.05) is 0 Å². The minimum Gasteiger partial charge on any atom is -0.358 e. The first-order valence-electron chi connectivity index (χ1n) is 7.26. The first kappa shape index (κ1) is 15.6. The Kier molecular flexibility index (Phi) is 4.20. The summed E-state index contributed by atoms with van der Waals surface area (Å²) < 4.78 is 13.6. The van der Waals surface area contributed by atoms with Gasteiger partial charge in [-0.2, -0.15) is 5.10 Å². The number of fused-ring (bicyclic) bond motifs is 1. The summed E-state index contributed by atoms with van der Waals surface area (Å²) in [7, 11) is 0. The zero-order valence-electron chi connectivity index (χ0n) is 12.8. The Bertz CT molecular complexity index is 991. The zero-order chi connectivity index (χ0) is 17.1. The molecular weight excluding hydrogens is 309 g/mol. The molecule has 5 nitrogen and oxygen atoms in total. The molecule has 2 N–H and O–H groups in total. The van der Waals surface area contributed by atoms with Gasteiger partial charge in [-0.3, -0.25) is 9.59 Å². The number of nitrogens with one attached hydrogen (secondary N) is 2. The van der Waals surface area contributed by atoms with E-state index in [1.807, 2.05) is 31.2 Å². The third-order valence-corrected chi connectivity index (χ3v) is 3.57. The number of hydrogen-bond acceptors (Lipinski definition) is 3. The Balaban J connectivity index is 1.83. The highest BCUT2D eigenvalue weighted by atomic mass is 19.1. The Morgan fingerprint density at radius 3 is 2.71 bits per heavy atom. The van der Waals surface area contributed by atoms with Crippen LogP contribution in [0.15, 0.2) is 58.6 Å². The van der Waals surface area contributed by atoms with Gasteiger partial charge in [0, 0.05) is 11.6 Å². The highest BCUT2D eigenvalue weighted by Gasteiger charge is 2.13.